The highest BCUT2D eigenvalue weighted by atomic mass is 127. The summed E-state index contributed by atoms with van der Waals surface area (Å²) in [5.74, 6) is 2.47. The number of halogens is 1. The number of fused-ring (bicyclic) bond motifs is 1. The molecule has 7 heteroatoms. The van der Waals surface area contributed by atoms with Crippen LogP contribution in [0.4, 0.5) is 11.8 Å². The lowest BCUT2D eigenvalue weighted by Crippen LogP contribution is -2.31. The Bertz CT molecular complexity index is 929. The summed E-state index contributed by atoms with van der Waals surface area (Å²) in [6, 6.07) is 8.08. The van der Waals surface area contributed by atoms with Gasteiger partial charge in [0.2, 0.25) is 5.95 Å². The van der Waals surface area contributed by atoms with Gasteiger partial charge in [-0.2, -0.15) is 4.98 Å². The highest BCUT2D eigenvalue weighted by molar-refractivity contribution is 14.1. The summed E-state index contributed by atoms with van der Waals surface area (Å²) in [6.07, 6.45) is 7.32. The first-order valence-electron chi connectivity index (χ1n) is 9.17. The van der Waals surface area contributed by atoms with E-state index in [0.29, 0.717) is 6.54 Å². The number of nitrogens with one attached hydrogen (secondary N) is 1. The van der Waals surface area contributed by atoms with Gasteiger partial charge in [0.1, 0.15) is 11.6 Å². The highest BCUT2D eigenvalue weighted by Crippen LogP contribution is 2.32. The highest BCUT2D eigenvalue weighted by Gasteiger charge is 2.17. The maximum Gasteiger partial charge on any atom is 0.227 e. The van der Waals surface area contributed by atoms with Crippen LogP contribution in [0.25, 0.3) is 10.9 Å². The Morgan fingerprint density at radius 2 is 2.04 bits per heavy atom. The van der Waals surface area contributed by atoms with Gasteiger partial charge in [-0.05, 0) is 65.6 Å². The Balaban J connectivity index is 1.74. The maximum absolute atomic E-state index is 5.51. The van der Waals surface area contributed by atoms with Crippen molar-refractivity contribution in [3.63, 3.8) is 0 Å². The number of ether oxygens (including phenoxy) is 1. The average molecular weight is 475 g/mol. The molecule has 1 aliphatic heterocycles. The van der Waals surface area contributed by atoms with Crippen LogP contribution in [-0.2, 0) is 6.54 Å². The summed E-state index contributed by atoms with van der Waals surface area (Å²) in [4.78, 5) is 16.2. The molecule has 140 valence electrons. The first-order valence-corrected chi connectivity index (χ1v) is 10.3. The molecule has 2 aromatic heterocycles. The molecular weight excluding hydrogens is 453 g/mol. The monoisotopic (exact) mass is 475 g/mol. The first kappa shape index (κ1) is 18.2. The van der Waals surface area contributed by atoms with Crippen LogP contribution in [0.2, 0.25) is 0 Å². The summed E-state index contributed by atoms with van der Waals surface area (Å²) in [5, 5.41) is 4.45. The Morgan fingerprint density at radius 3 is 2.78 bits per heavy atom. The van der Waals surface area contributed by atoms with Crippen molar-refractivity contribution < 1.29 is 4.74 Å². The molecule has 4 rings (SSSR count). The van der Waals surface area contributed by atoms with Gasteiger partial charge < -0.3 is 15.0 Å². The third-order valence-corrected chi connectivity index (χ3v) is 5.62. The Morgan fingerprint density at radius 1 is 1.19 bits per heavy atom. The van der Waals surface area contributed by atoms with Gasteiger partial charge >= 0.3 is 0 Å². The van der Waals surface area contributed by atoms with Crippen molar-refractivity contribution in [1.82, 2.24) is 15.0 Å². The van der Waals surface area contributed by atoms with E-state index in [2.05, 4.69) is 49.9 Å². The molecule has 6 nitrogen and oxygen atoms in total. The Kier molecular flexibility index (Phi) is 5.56. The molecule has 0 unspecified atom stereocenters. The van der Waals surface area contributed by atoms with Gasteiger partial charge in [-0.15, -0.1) is 0 Å². The lowest BCUT2D eigenvalue weighted by molar-refractivity contribution is 0.412. The topological polar surface area (TPSA) is 63.2 Å². The standard InChI is InChI=1S/C20H22IN5O/c1-27-18-10-15-17(11-16(18)21)24-20(26-8-3-2-4-9-26)25-19(15)23-13-14-6-5-7-22-12-14/h5-7,10-12H,2-4,8-9,13H2,1H3,(H,23,24,25). The van der Waals surface area contributed by atoms with Crippen molar-refractivity contribution in [3.8, 4) is 5.75 Å². The SMILES string of the molecule is COc1cc2c(NCc3cccnc3)nc(N3CCCCC3)nc2cc1I. The van der Waals surface area contributed by atoms with E-state index in [4.69, 9.17) is 14.7 Å². The number of piperidine rings is 1. The molecule has 1 N–H and O–H groups in total. The Hall–Kier alpha value is -2.16. The van der Waals surface area contributed by atoms with Crippen molar-refractivity contribution >= 4 is 45.3 Å². The third-order valence-electron chi connectivity index (χ3n) is 4.78. The zero-order valence-corrected chi connectivity index (χ0v) is 17.4. The maximum atomic E-state index is 5.51. The fourth-order valence-electron chi connectivity index (χ4n) is 3.33. The number of benzene rings is 1. The molecule has 0 aliphatic carbocycles. The fraction of sp³-hybridized carbons (Fsp3) is 0.350. The zero-order chi connectivity index (χ0) is 18.6. The van der Waals surface area contributed by atoms with Gasteiger partial charge in [0.25, 0.3) is 0 Å². The lowest BCUT2D eigenvalue weighted by atomic mass is 10.1. The second kappa shape index (κ2) is 8.24. The quantitative estimate of drug-likeness (QED) is 0.558. The normalized spacial score (nSPS) is 14.4. The van der Waals surface area contributed by atoms with Gasteiger partial charge in [-0.25, -0.2) is 4.98 Å². The van der Waals surface area contributed by atoms with Crippen molar-refractivity contribution in [2.75, 3.05) is 30.4 Å². The molecule has 0 bridgehead atoms. The van der Waals surface area contributed by atoms with E-state index in [9.17, 15) is 0 Å². The van der Waals surface area contributed by atoms with Crippen LogP contribution >= 0.6 is 22.6 Å². The number of nitrogens with zero attached hydrogens (tertiary/aromatic N) is 4. The number of aromatic nitrogens is 3. The molecule has 3 aromatic rings. The van der Waals surface area contributed by atoms with Gasteiger partial charge in [0.05, 0.1) is 16.2 Å². The van der Waals surface area contributed by atoms with E-state index in [1.165, 1.54) is 19.3 Å². The molecule has 3 heterocycles. The Labute approximate surface area is 172 Å². The van der Waals surface area contributed by atoms with E-state index in [1.807, 2.05) is 18.3 Å². The van der Waals surface area contributed by atoms with Crippen LogP contribution in [0.5, 0.6) is 5.75 Å². The molecule has 1 aromatic carbocycles. The molecule has 27 heavy (non-hydrogen) atoms. The van der Waals surface area contributed by atoms with Crippen LogP contribution in [0, 0.1) is 3.57 Å². The van der Waals surface area contributed by atoms with Gasteiger partial charge in [0, 0.05) is 37.4 Å². The first-order chi connectivity index (χ1) is 13.2. The molecule has 0 atom stereocenters. The third kappa shape index (κ3) is 4.07. The van der Waals surface area contributed by atoms with Crippen molar-refractivity contribution in [2.45, 2.75) is 25.8 Å². The average Bonchev–Trinajstić information content (AvgIpc) is 2.72. The zero-order valence-electron chi connectivity index (χ0n) is 15.3. The predicted molar refractivity (Wildman–Crippen MR) is 116 cm³/mol. The number of pyridine rings is 1. The number of hydrogen-bond acceptors (Lipinski definition) is 6. The molecular formula is C20H22IN5O. The van der Waals surface area contributed by atoms with Crippen LogP contribution in [0.3, 0.4) is 0 Å². The van der Waals surface area contributed by atoms with E-state index in [1.54, 1.807) is 13.3 Å². The number of rotatable bonds is 5. The van der Waals surface area contributed by atoms with Gasteiger partial charge in [-0.1, -0.05) is 6.07 Å². The minimum Gasteiger partial charge on any atom is -0.496 e. The van der Waals surface area contributed by atoms with Crippen LogP contribution < -0.4 is 15.0 Å². The molecule has 0 radical (unpaired) electrons. The molecule has 1 aliphatic rings. The summed E-state index contributed by atoms with van der Waals surface area (Å²) in [6.45, 7) is 2.69. The number of hydrogen-bond donors (Lipinski definition) is 1. The lowest BCUT2D eigenvalue weighted by Gasteiger charge is -2.27. The second-order valence-corrected chi connectivity index (χ2v) is 7.80. The summed E-state index contributed by atoms with van der Waals surface area (Å²) in [7, 11) is 1.69. The van der Waals surface area contributed by atoms with Crippen molar-refractivity contribution in [1.29, 1.82) is 0 Å². The number of anilines is 2. The molecule has 0 amide bonds. The van der Waals surface area contributed by atoms with E-state index >= 15 is 0 Å². The van der Waals surface area contributed by atoms with Gasteiger partial charge in [-0.3, -0.25) is 4.98 Å². The minimum atomic E-state index is 0.660. The molecule has 0 saturated carbocycles. The van der Waals surface area contributed by atoms with Crippen LogP contribution in [-0.4, -0.2) is 35.2 Å². The molecule has 1 fully saturated rings. The van der Waals surface area contributed by atoms with E-state index in [-0.39, 0.29) is 0 Å². The van der Waals surface area contributed by atoms with Crippen LogP contribution in [0.15, 0.2) is 36.7 Å². The van der Waals surface area contributed by atoms with E-state index < -0.39 is 0 Å². The van der Waals surface area contributed by atoms with Crippen molar-refractivity contribution in [3.05, 3.63) is 45.8 Å². The minimum absolute atomic E-state index is 0.660. The summed E-state index contributed by atoms with van der Waals surface area (Å²) < 4.78 is 6.55. The summed E-state index contributed by atoms with van der Waals surface area (Å²) >= 11 is 2.29. The number of methoxy groups -OCH3 is 1. The molecule has 1 saturated heterocycles. The van der Waals surface area contributed by atoms with Crippen LogP contribution in [0.1, 0.15) is 24.8 Å². The second-order valence-electron chi connectivity index (χ2n) is 6.64. The van der Waals surface area contributed by atoms with E-state index in [0.717, 1.165) is 50.6 Å². The smallest absolute Gasteiger partial charge is 0.227 e. The molecule has 0 spiro atoms. The fourth-order valence-corrected chi connectivity index (χ4v) is 4.00. The predicted octanol–water partition coefficient (Wildman–Crippen LogP) is 4.24. The largest absolute Gasteiger partial charge is 0.496 e. The summed E-state index contributed by atoms with van der Waals surface area (Å²) in [5.41, 5.74) is 2.05. The van der Waals surface area contributed by atoms with Gasteiger partial charge in [0.15, 0.2) is 0 Å². The van der Waals surface area contributed by atoms with Crippen molar-refractivity contribution in [2.24, 2.45) is 0 Å².